The molecule has 1 aliphatic heterocycles. The maximum Gasteiger partial charge on any atom is 0.335 e. The number of hydrogen-bond acceptors (Lipinski definition) is 4. The third-order valence-corrected chi connectivity index (χ3v) is 6.11. The minimum absolute atomic E-state index is 0.102. The van der Waals surface area contributed by atoms with Gasteiger partial charge in [-0.3, -0.25) is 9.69 Å². The SMILES string of the molecule is C[C@H](NC(=O)[C@H]1Cc2ccccc2CN1CCOc1cccc(F)c1)c1ccc(C(=O)O)cc1. The number of nitrogens with one attached hydrogen (secondary N) is 1. The van der Waals surface area contributed by atoms with E-state index in [-0.39, 0.29) is 29.4 Å². The fraction of sp³-hybridized carbons (Fsp3) is 0.259. The number of nitrogens with zero attached hydrogens (tertiary/aromatic N) is 1. The van der Waals surface area contributed by atoms with Crippen LogP contribution >= 0.6 is 0 Å². The van der Waals surface area contributed by atoms with Crippen molar-refractivity contribution in [3.63, 3.8) is 0 Å². The lowest BCUT2D eigenvalue weighted by Crippen LogP contribution is -2.51. The molecule has 176 valence electrons. The average Bonchev–Trinajstić information content (AvgIpc) is 2.83. The van der Waals surface area contributed by atoms with Gasteiger partial charge in [0.1, 0.15) is 18.2 Å². The largest absolute Gasteiger partial charge is 0.492 e. The van der Waals surface area contributed by atoms with Crippen LogP contribution in [0.25, 0.3) is 0 Å². The number of carboxylic acid groups (broad SMARTS) is 1. The van der Waals surface area contributed by atoms with Crippen molar-refractivity contribution in [2.24, 2.45) is 0 Å². The Morgan fingerprint density at radius 3 is 2.53 bits per heavy atom. The summed E-state index contributed by atoms with van der Waals surface area (Å²) in [7, 11) is 0. The number of benzene rings is 3. The molecular weight excluding hydrogens is 435 g/mol. The molecule has 0 spiro atoms. The molecule has 2 N–H and O–H groups in total. The van der Waals surface area contributed by atoms with Crippen LogP contribution in [0.1, 0.15) is 40.0 Å². The topological polar surface area (TPSA) is 78.9 Å². The number of rotatable bonds is 8. The average molecular weight is 463 g/mol. The summed E-state index contributed by atoms with van der Waals surface area (Å²) in [4.78, 5) is 26.5. The van der Waals surface area contributed by atoms with Gasteiger partial charge in [0.25, 0.3) is 0 Å². The lowest BCUT2D eigenvalue weighted by atomic mass is 9.93. The van der Waals surface area contributed by atoms with E-state index in [1.54, 1.807) is 24.3 Å². The highest BCUT2D eigenvalue weighted by Gasteiger charge is 2.32. The molecular formula is C27H27FN2O4. The van der Waals surface area contributed by atoms with Crippen LogP contribution in [0.15, 0.2) is 72.8 Å². The van der Waals surface area contributed by atoms with Crippen molar-refractivity contribution < 1.29 is 23.8 Å². The molecule has 0 bridgehead atoms. The number of hydrogen-bond donors (Lipinski definition) is 2. The van der Waals surface area contributed by atoms with Crippen molar-refractivity contribution in [3.8, 4) is 5.75 Å². The van der Waals surface area contributed by atoms with Crippen LogP contribution in [0.5, 0.6) is 5.75 Å². The van der Waals surface area contributed by atoms with Gasteiger partial charge in [-0.05, 0) is 54.3 Å². The highest BCUT2D eigenvalue weighted by atomic mass is 19.1. The van der Waals surface area contributed by atoms with Gasteiger partial charge in [-0.2, -0.15) is 0 Å². The maximum absolute atomic E-state index is 13.4. The van der Waals surface area contributed by atoms with E-state index in [4.69, 9.17) is 9.84 Å². The first-order chi connectivity index (χ1) is 16.4. The van der Waals surface area contributed by atoms with Gasteiger partial charge in [0, 0.05) is 19.2 Å². The molecule has 3 aromatic rings. The minimum Gasteiger partial charge on any atom is -0.492 e. The molecule has 2 atom stereocenters. The molecule has 0 aromatic heterocycles. The van der Waals surface area contributed by atoms with E-state index < -0.39 is 5.97 Å². The molecule has 1 amide bonds. The molecule has 0 unspecified atom stereocenters. The van der Waals surface area contributed by atoms with Gasteiger partial charge in [0.15, 0.2) is 0 Å². The van der Waals surface area contributed by atoms with Crippen molar-refractivity contribution in [3.05, 3.63) is 101 Å². The standard InChI is InChI=1S/C27H27FN2O4/c1-18(19-9-11-20(12-10-19)27(32)33)29-26(31)25-15-21-5-2-3-6-22(21)17-30(25)13-14-34-24-8-4-7-23(28)16-24/h2-12,16,18,25H,13-15,17H2,1H3,(H,29,31)(H,32,33)/t18-,25+/m0/s1. The first-order valence-electron chi connectivity index (χ1n) is 11.2. The van der Waals surface area contributed by atoms with Gasteiger partial charge in [0.05, 0.1) is 17.6 Å². The summed E-state index contributed by atoms with van der Waals surface area (Å²) in [6.07, 6.45) is 0.576. The Balaban J connectivity index is 1.44. The lowest BCUT2D eigenvalue weighted by Gasteiger charge is -2.36. The van der Waals surface area contributed by atoms with Crippen LogP contribution in [-0.4, -0.2) is 41.1 Å². The summed E-state index contributed by atoms with van der Waals surface area (Å²) in [6, 6.07) is 19.9. The van der Waals surface area contributed by atoms with Crippen LogP contribution in [0, 0.1) is 5.82 Å². The quantitative estimate of drug-likeness (QED) is 0.524. The number of aromatic carboxylic acids is 1. The van der Waals surface area contributed by atoms with Crippen molar-refractivity contribution >= 4 is 11.9 Å². The van der Waals surface area contributed by atoms with Crippen LogP contribution in [0.4, 0.5) is 4.39 Å². The summed E-state index contributed by atoms with van der Waals surface area (Å²) >= 11 is 0. The van der Waals surface area contributed by atoms with Crippen LogP contribution in [-0.2, 0) is 17.8 Å². The normalized spacial score (nSPS) is 16.4. The number of carbonyl (C=O) groups excluding carboxylic acids is 1. The van der Waals surface area contributed by atoms with Crippen molar-refractivity contribution in [1.29, 1.82) is 0 Å². The zero-order chi connectivity index (χ0) is 24.1. The van der Waals surface area contributed by atoms with Gasteiger partial charge in [-0.15, -0.1) is 0 Å². The molecule has 6 nitrogen and oxygen atoms in total. The Bertz CT molecular complexity index is 1170. The van der Waals surface area contributed by atoms with E-state index in [0.717, 1.165) is 11.1 Å². The molecule has 4 rings (SSSR count). The summed E-state index contributed by atoms with van der Waals surface area (Å²) in [5.41, 5.74) is 3.35. The van der Waals surface area contributed by atoms with E-state index in [9.17, 15) is 14.0 Å². The molecule has 0 fully saturated rings. The van der Waals surface area contributed by atoms with Crippen molar-refractivity contribution in [1.82, 2.24) is 10.2 Å². The Morgan fingerprint density at radius 1 is 1.09 bits per heavy atom. The Morgan fingerprint density at radius 2 is 1.82 bits per heavy atom. The highest BCUT2D eigenvalue weighted by molar-refractivity contribution is 5.87. The second-order valence-electron chi connectivity index (χ2n) is 8.42. The zero-order valence-electron chi connectivity index (χ0n) is 18.9. The van der Waals surface area contributed by atoms with Gasteiger partial charge >= 0.3 is 5.97 Å². The van der Waals surface area contributed by atoms with Gasteiger partial charge < -0.3 is 15.2 Å². The minimum atomic E-state index is -0.986. The number of carbonyl (C=O) groups is 2. The third-order valence-electron chi connectivity index (χ3n) is 6.11. The fourth-order valence-corrected chi connectivity index (χ4v) is 4.22. The molecule has 3 aromatic carbocycles. The maximum atomic E-state index is 13.4. The predicted molar refractivity (Wildman–Crippen MR) is 126 cm³/mol. The Kier molecular flexibility index (Phi) is 7.23. The summed E-state index contributed by atoms with van der Waals surface area (Å²) < 4.78 is 19.2. The van der Waals surface area contributed by atoms with Gasteiger partial charge in [0.2, 0.25) is 5.91 Å². The Hall–Kier alpha value is -3.71. The molecule has 0 saturated carbocycles. The lowest BCUT2D eigenvalue weighted by molar-refractivity contribution is -0.127. The number of fused-ring (bicyclic) bond motifs is 1. The molecule has 7 heteroatoms. The van der Waals surface area contributed by atoms with Crippen LogP contribution in [0.2, 0.25) is 0 Å². The monoisotopic (exact) mass is 462 g/mol. The van der Waals surface area contributed by atoms with Crippen molar-refractivity contribution in [2.45, 2.75) is 32.0 Å². The van der Waals surface area contributed by atoms with Gasteiger partial charge in [-0.1, -0.05) is 42.5 Å². The molecule has 1 heterocycles. The third kappa shape index (κ3) is 5.61. The molecule has 0 radical (unpaired) electrons. The number of halogens is 1. The smallest absolute Gasteiger partial charge is 0.335 e. The van der Waals surface area contributed by atoms with E-state index in [2.05, 4.69) is 16.3 Å². The Labute approximate surface area is 198 Å². The predicted octanol–water partition coefficient (Wildman–Crippen LogP) is 4.21. The fourth-order valence-electron chi connectivity index (χ4n) is 4.22. The first-order valence-corrected chi connectivity index (χ1v) is 11.2. The highest BCUT2D eigenvalue weighted by Crippen LogP contribution is 2.24. The summed E-state index contributed by atoms with van der Waals surface area (Å²) in [6.45, 7) is 3.32. The molecule has 1 aliphatic rings. The zero-order valence-corrected chi connectivity index (χ0v) is 18.9. The van der Waals surface area contributed by atoms with Crippen molar-refractivity contribution in [2.75, 3.05) is 13.2 Å². The van der Waals surface area contributed by atoms with Gasteiger partial charge in [-0.25, -0.2) is 9.18 Å². The second kappa shape index (κ2) is 10.5. The van der Waals surface area contributed by atoms with Crippen LogP contribution in [0.3, 0.4) is 0 Å². The molecule has 34 heavy (non-hydrogen) atoms. The molecule has 0 saturated heterocycles. The number of carboxylic acids is 1. The summed E-state index contributed by atoms with van der Waals surface area (Å²) in [5.74, 6) is -0.987. The second-order valence-corrected chi connectivity index (χ2v) is 8.42. The van der Waals surface area contributed by atoms with E-state index in [1.165, 1.54) is 29.8 Å². The van der Waals surface area contributed by atoms with E-state index in [0.29, 0.717) is 31.9 Å². The van der Waals surface area contributed by atoms with E-state index >= 15 is 0 Å². The number of amides is 1. The number of ether oxygens (including phenoxy) is 1. The van der Waals surface area contributed by atoms with Crippen LogP contribution < -0.4 is 10.1 Å². The summed E-state index contributed by atoms with van der Waals surface area (Å²) in [5, 5.41) is 12.2. The molecule has 0 aliphatic carbocycles. The first kappa shape index (κ1) is 23.4. The van der Waals surface area contributed by atoms with E-state index in [1.807, 2.05) is 25.1 Å².